The molecule has 0 aliphatic carbocycles. The molecule has 2 aromatic carbocycles. The molecular weight excluding hydrogens is 314 g/mol. The summed E-state index contributed by atoms with van der Waals surface area (Å²) in [6, 6.07) is 19.9. The first-order valence-corrected chi connectivity index (χ1v) is 7.98. The van der Waals surface area contributed by atoms with Crippen LogP contribution in [-0.4, -0.2) is 22.1 Å². The third-order valence-electron chi connectivity index (χ3n) is 4.01. The van der Waals surface area contributed by atoms with E-state index in [4.69, 9.17) is 9.47 Å². The van der Waals surface area contributed by atoms with Crippen molar-refractivity contribution in [2.24, 2.45) is 0 Å². The second-order valence-corrected chi connectivity index (χ2v) is 5.63. The Kier molecular flexibility index (Phi) is 4.04. The number of fused-ring (bicyclic) bond motifs is 1. The average molecular weight is 331 g/mol. The van der Waals surface area contributed by atoms with Crippen molar-refractivity contribution in [3.05, 3.63) is 72.6 Å². The second kappa shape index (κ2) is 6.65. The summed E-state index contributed by atoms with van der Waals surface area (Å²) in [4.78, 5) is 11.9. The number of rotatable bonds is 5. The summed E-state index contributed by atoms with van der Waals surface area (Å²) in [5.41, 5.74) is 3.86. The van der Waals surface area contributed by atoms with Gasteiger partial charge in [-0.1, -0.05) is 30.3 Å². The van der Waals surface area contributed by atoms with Gasteiger partial charge in [0.2, 0.25) is 5.88 Å². The molecular formula is C20H17N3O2. The van der Waals surface area contributed by atoms with E-state index in [1.54, 1.807) is 7.11 Å². The molecule has 2 aromatic heterocycles. The van der Waals surface area contributed by atoms with Gasteiger partial charge in [-0.2, -0.15) is 0 Å². The van der Waals surface area contributed by atoms with Crippen molar-refractivity contribution in [2.45, 2.75) is 6.61 Å². The number of aromatic nitrogens is 3. The molecule has 0 saturated carbocycles. The van der Waals surface area contributed by atoms with Crippen LogP contribution in [-0.2, 0) is 6.61 Å². The van der Waals surface area contributed by atoms with Gasteiger partial charge in [0.25, 0.3) is 0 Å². The van der Waals surface area contributed by atoms with Crippen LogP contribution in [0.5, 0.6) is 11.6 Å². The van der Waals surface area contributed by atoms with Gasteiger partial charge in [-0.15, -0.1) is 0 Å². The Bertz CT molecular complexity index is 979. The lowest BCUT2D eigenvalue weighted by Gasteiger charge is -2.05. The van der Waals surface area contributed by atoms with Crippen LogP contribution in [0, 0.1) is 0 Å². The summed E-state index contributed by atoms with van der Waals surface area (Å²) in [5, 5.41) is 0.865. The first-order chi connectivity index (χ1) is 12.3. The topological polar surface area (TPSA) is 60.0 Å². The molecule has 0 fully saturated rings. The van der Waals surface area contributed by atoms with E-state index in [-0.39, 0.29) is 0 Å². The largest absolute Gasteiger partial charge is 0.497 e. The molecule has 0 saturated heterocycles. The van der Waals surface area contributed by atoms with Gasteiger partial charge in [0.05, 0.1) is 12.5 Å². The zero-order valence-corrected chi connectivity index (χ0v) is 13.8. The molecule has 0 unspecified atom stereocenters. The molecule has 4 aromatic rings. The van der Waals surface area contributed by atoms with Crippen LogP contribution in [0.1, 0.15) is 5.56 Å². The molecule has 25 heavy (non-hydrogen) atoms. The van der Waals surface area contributed by atoms with E-state index < -0.39 is 0 Å². The number of benzene rings is 2. The smallest absolute Gasteiger partial charge is 0.226 e. The maximum Gasteiger partial charge on any atom is 0.226 e. The highest BCUT2D eigenvalue weighted by Crippen LogP contribution is 2.29. The SMILES string of the molecule is COc1ccc(-c2cc3c(OCc4ccccc4)ncnc3[nH]2)cc1. The predicted octanol–water partition coefficient (Wildman–Crippen LogP) is 4.21. The van der Waals surface area contributed by atoms with Crippen molar-refractivity contribution in [3.8, 4) is 22.9 Å². The fraction of sp³-hybridized carbons (Fsp3) is 0.100. The number of nitrogens with one attached hydrogen (secondary N) is 1. The molecule has 2 heterocycles. The quantitative estimate of drug-likeness (QED) is 0.595. The maximum atomic E-state index is 5.90. The molecule has 0 atom stereocenters. The van der Waals surface area contributed by atoms with Gasteiger partial charge < -0.3 is 14.5 Å². The number of nitrogens with zero attached hydrogens (tertiary/aromatic N) is 2. The molecule has 124 valence electrons. The summed E-state index contributed by atoms with van der Waals surface area (Å²) >= 11 is 0. The Hall–Kier alpha value is -3.34. The molecule has 0 aliphatic heterocycles. The van der Waals surface area contributed by atoms with Gasteiger partial charge in [0.1, 0.15) is 24.3 Å². The van der Waals surface area contributed by atoms with Gasteiger partial charge in [0.15, 0.2) is 0 Å². The Morgan fingerprint density at radius 2 is 1.76 bits per heavy atom. The fourth-order valence-corrected chi connectivity index (χ4v) is 2.68. The normalized spacial score (nSPS) is 10.8. The van der Waals surface area contributed by atoms with Crippen molar-refractivity contribution in [1.82, 2.24) is 15.0 Å². The summed E-state index contributed by atoms with van der Waals surface area (Å²) < 4.78 is 11.1. The molecule has 5 heteroatoms. The summed E-state index contributed by atoms with van der Waals surface area (Å²) in [7, 11) is 1.66. The van der Waals surface area contributed by atoms with E-state index in [9.17, 15) is 0 Å². The lowest BCUT2D eigenvalue weighted by atomic mass is 10.1. The predicted molar refractivity (Wildman–Crippen MR) is 96.7 cm³/mol. The number of methoxy groups -OCH3 is 1. The van der Waals surface area contributed by atoms with Crippen LogP contribution < -0.4 is 9.47 Å². The Labute approximate surface area is 145 Å². The number of hydrogen-bond donors (Lipinski definition) is 1. The van der Waals surface area contributed by atoms with E-state index in [1.807, 2.05) is 60.7 Å². The van der Waals surface area contributed by atoms with E-state index in [0.29, 0.717) is 12.5 Å². The first kappa shape index (κ1) is 15.2. The van der Waals surface area contributed by atoms with Crippen molar-refractivity contribution in [1.29, 1.82) is 0 Å². The first-order valence-electron chi connectivity index (χ1n) is 7.98. The highest BCUT2D eigenvalue weighted by molar-refractivity contribution is 5.86. The van der Waals surface area contributed by atoms with Crippen LogP contribution >= 0.6 is 0 Å². The second-order valence-electron chi connectivity index (χ2n) is 5.63. The third kappa shape index (κ3) is 3.17. The molecule has 1 N–H and O–H groups in total. The maximum absolute atomic E-state index is 5.90. The minimum atomic E-state index is 0.468. The number of H-pyrrole nitrogens is 1. The molecule has 0 aliphatic rings. The summed E-state index contributed by atoms with van der Waals surface area (Å²) in [5.74, 6) is 1.40. The van der Waals surface area contributed by atoms with Crippen molar-refractivity contribution in [2.75, 3.05) is 7.11 Å². The number of ether oxygens (including phenoxy) is 2. The highest BCUT2D eigenvalue weighted by atomic mass is 16.5. The zero-order chi connectivity index (χ0) is 17.1. The monoisotopic (exact) mass is 331 g/mol. The number of hydrogen-bond acceptors (Lipinski definition) is 4. The van der Waals surface area contributed by atoms with Crippen molar-refractivity contribution >= 4 is 11.0 Å². The van der Waals surface area contributed by atoms with E-state index >= 15 is 0 Å². The fourth-order valence-electron chi connectivity index (χ4n) is 2.68. The van der Waals surface area contributed by atoms with E-state index in [1.165, 1.54) is 6.33 Å². The van der Waals surface area contributed by atoms with Gasteiger partial charge in [-0.3, -0.25) is 0 Å². The van der Waals surface area contributed by atoms with Crippen LogP contribution in [0.15, 0.2) is 67.0 Å². The Balaban J connectivity index is 1.63. The lowest BCUT2D eigenvalue weighted by molar-refractivity contribution is 0.297. The lowest BCUT2D eigenvalue weighted by Crippen LogP contribution is -1.97. The molecule has 0 radical (unpaired) electrons. The van der Waals surface area contributed by atoms with Crippen LogP contribution in [0.3, 0.4) is 0 Å². The molecule has 4 rings (SSSR count). The third-order valence-corrected chi connectivity index (χ3v) is 4.01. The van der Waals surface area contributed by atoms with E-state index in [2.05, 4.69) is 15.0 Å². The Morgan fingerprint density at radius 3 is 2.52 bits per heavy atom. The minimum absolute atomic E-state index is 0.468. The molecule has 0 bridgehead atoms. The van der Waals surface area contributed by atoms with Gasteiger partial charge in [-0.05, 0) is 41.5 Å². The van der Waals surface area contributed by atoms with Crippen molar-refractivity contribution in [3.63, 3.8) is 0 Å². The zero-order valence-electron chi connectivity index (χ0n) is 13.8. The van der Waals surface area contributed by atoms with Gasteiger partial charge in [-0.25, -0.2) is 9.97 Å². The average Bonchev–Trinajstić information content (AvgIpc) is 3.12. The van der Waals surface area contributed by atoms with Crippen LogP contribution in [0.4, 0.5) is 0 Å². The highest BCUT2D eigenvalue weighted by Gasteiger charge is 2.10. The van der Waals surface area contributed by atoms with Crippen molar-refractivity contribution < 1.29 is 9.47 Å². The Morgan fingerprint density at radius 1 is 0.960 bits per heavy atom. The molecule has 5 nitrogen and oxygen atoms in total. The van der Waals surface area contributed by atoms with Gasteiger partial charge >= 0.3 is 0 Å². The minimum Gasteiger partial charge on any atom is -0.497 e. The number of aromatic amines is 1. The summed E-state index contributed by atoms with van der Waals surface area (Å²) in [6.45, 7) is 0.468. The molecule has 0 amide bonds. The molecule has 0 spiro atoms. The standard InChI is InChI=1S/C20H17N3O2/c1-24-16-9-7-15(8-10-16)18-11-17-19(23-18)21-13-22-20(17)25-12-14-5-3-2-4-6-14/h2-11,13H,12H2,1H3,(H,21,22,23). The van der Waals surface area contributed by atoms with E-state index in [0.717, 1.165) is 33.6 Å². The van der Waals surface area contributed by atoms with Gasteiger partial charge in [0, 0.05) is 5.69 Å². The van der Waals surface area contributed by atoms with Crippen LogP contribution in [0.25, 0.3) is 22.3 Å². The van der Waals surface area contributed by atoms with Crippen LogP contribution in [0.2, 0.25) is 0 Å². The summed E-state index contributed by atoms with van der Waals surface area (Å²) in [6.07, 6.45) is 1.51.